The number of carbonyl (C=O) groups excluding carboxylic acids is 1. The van der Waals surface area contributed by atoms with Crippen LogP contribution in [-0.2, 0) is 4.74 Å². The Balaban J connectivity index is 1.61. The molecule has 1 aromatic heterocycles. The maximum atomic E-state index is 13.1. The summed E-state index contributed by atoms with van der Waals surface area (Å²) in [6.07, 6.45) is 2.11. The molecule has 1 amide bonds. The number of hydrogen-bond donors (Lipinski definition) is 1. The van der Waals surface area contributed by atoms with Gasteiger partial charge in [0, 0.05) is 23.4 Å². The van der Waals surface area contributed by atoms with Crippen molar-refractivity contribution in [2.45, 2.75) is 28.9 Å². The van der Waals surface area contributed by atoms with Gasteiger partial charge in [0.05, 0.1) is 17.2 Å². The molecule has 1 atom stereocenters. The molecule has 1 aliphatic rings. The van der Waals surface area contributed by atoms with E-state index in [-0.39, 0.29) is 17.8 Å². The van der Waals surface area contributed by atoms with Gasteiger partial charge >= 0.3 is 0 Å². The van der Waals surface area contributed by atoms with Gasteiger partial charge in [-0.2, -0.15) is 0 Å². The van der Waals surface area contributed by atoms with E-state index >= 15 is 0 Å². The van der Waals surface area contributed by atoms with Gasteiger partial charge in [0.25, 0.3) is 5.91 Å². The fourth-order valence-corrected chi connectivity index (χ4v) is 3.96. The Morgan fingerprint density at radius 1 is 1.22 bits per heavy atom. The third kappa shape index (κ3) is 4.28. The number of hydrogen-bond acceptors (Lipinski definition) is 4. The summed E-state index contributed by atoms with van der Waals surface area (Å²) in [5, 5.41) is 4.49. The largest absolute Gasteiger partial charge is 0.376 e. The highest BCUT2D eigenvalue weighted by Crippen LogP contribution is 2.30. The van der Waals surface area contributed by atoms with Crippen molar-refractivity contribution >= 4 is 28.6 Å². The first-order valence-electron chi connectivity index (χ1n) is 8.92. The van der Waals surface area contributed by atoms with E-state index in [0.717, 1.165) is 35.2 Å². The number of para-hydroxylation sites is 1. The van der Waals surface area contributed by atoms with Crippen LogP contribution < -0.4 is 5.32 Å². The molecule has 27 heavy (non-hydrogen) atoms. The Morgan fingerprint density at radius 3 is 2.81 bits per heavy atom. The Morgan fingerprint density at radius 2 is 2.04 bits per heavy atom. The fourth-order valence-electron chi connectivity index (χ4n) is 3.12. The summed E-state index contributed by atoms with van der Waals surface area (Å²) in [6, 6.07) is 15.6. The maximum Gasteiger partial charge on any atom is 0.252 e. The number of carbonyl (C=O) groups is 1. The van der Waals surface area contributed by atoms with E-state index in [0.29, 0.717) is 17.1 Å². The lowest BCUT2D eigenvalue weighted by atomic mass is 10.1. The van der Waals surface area contributed by atoms with Crippen molar-refractivity contribution in [3.63, 3.8) is 0 Å². The van der Waals surface area contributed by atoms with E-state index in [4.69, 9.17) is 4.74 Å². The molecule has 4 nitrogen and oxygen atoms in total. The molecule has 0 saturated carbocycles. The van der Waals surface area contributed by atoms with E-state index in [1.807, 2.05) is 24.3 Å². The average Bonchev–Trinajstić information content (AvgIpc) is 3.21. The number of halogens is 1. The van der Waals surface area contributed by atoms with Crippen molar-refractivity contribution in [2.75, 3.05) is 13.2 Å². The lowest BCUT2D eigenvalue weighted by Gasteiger charge is -2.13. The number of pyridine rings is 1. The summed E-state index contributed by atoms with van der Waals surface area (Å²) in [6.45, 7) is 1.27. The van der Waals surface area contributed by atoms with Gasteiger partial charge in [-0.1, -0.05) is 30.0 Å². The molecule has 1 aliphatic heterocycles. The molecule has 6 heteroatoms. The van der Waals surface area contributed by atoms with E-state index in [9.17, 15) is 9.18 Å². The number of fused-ring (bicyclic) bond motifs is 1. The molecule has 3 aromatic rings. The van der Waals surface area contributed by atoms with E-state index in [1.165, 1.54) is 23.9 Å². The summed E-state index contributed by atoms with van der Waals surface area (Å²) in [4.78, 5) is 18.3. The summed E-state index contributed by atoms with van der Waals surface area (Å²) in [5.74, 6) is -0.412. The van der Waals surface area contributed by atoms with Gasteiger partial charge < -0.3 is 10.1 Å². The molecule has 4 rings (SSSR count). The van der Waals surface area contributed by atoms with Crippen LogP contribution in [0.2, 0.25) is 0 Å². The van der Waals surface area contributed by atoms with Crippen molar-refractivity contribution < 1.29 is 13.9 Å². The predicted octanol–water partition coefficient (Wildman–Crippen LogP) is 4.43. The van der Waals surface area contributed by atoms with Crippen molar-refractivity contribution in [3.05, 3.63) is 66.0 Å². The minimum Gasteiger partial charge on any atom is -0.376 e. The highest BCUT2D eigenvalue weighted by molar-refractivity contribution is 7.99. The number of nitrogens with one attached hydrogen (secondary N) is 1. The molecule has 0 unspecified atom stereocenters. The molecule has 0 spiro atoms. The van der Waals surface area contributed by atoms with Gasteiger partial charge in [-0.15, -0.1) is 0 Å². The standard InChI is InChI=1S/C21H19FN2O2S/c22-14-7-9-16(10-8-14)27-20-12-18(17-5-1-2-6-19(17)24-20)21(25)23-13-15-4-3-11-26-15/h1-2,5-10,12,15H,3-4,11,13H2,(H,23,25)/t15-/m1/s1. The molecule has 1 fully saturated rings. The van der Waals surface area contributed by atoms with Gasteiger partial charge in [-0.3, -0.25) is 4.79 Å². The van der Waals surface area contributed by atoms with Crippen LogP contribution in [0.5, 0.6) is 0 Å². The highest BCUT2D eigenvalue weighted by Gasteiger charge is 2.18. The van der Waals surface area contributed by atoms with Crippen molar-refractivity contribution in [3.8, 4) is 0 Å². The molecular formula is C21H19FN2O2S. The monoisotopic (exact) mass is 382 g/mol. The second-order valence-electron chi connectivity index (χ2n) is 6.43. The molecule has 0 radical (unpaired) electrons. The second-order valence-corrected chi connectivity index (χ2v) is 7.52. The zero-order valence-electron chi connectivity index (χ0n) is 14.7. The zero-order chi connectivity index (χ0) is 18.6. The number of rotatable bonds is 5. The van der Waals surface area contributed by atoms with Gasteiger partial charge in [-0.25, -0.2) is 9.37 Å². The van der Waals surface area contributed by atoms with Gasteiger partial charge in [0.15, 0.2) is 0 Å². The molecule has 1 N–H and O–H groups in total. The van der Waals surface area contributed by atoms with Crippen LogP contribution in [0.15, 0.2) is 64.5 Å². The Labute approximate surface area is 161 Å². The van der Waals surface area contributed by atoms with Crippen molar-refractivity contribution in [1.82, 2.24) is 10.3 Å². The van der Waals surface area contributed by atoms with Gasteiger partial charge in [-0.05, 0) is 49.2 Å². The molecular weight excluding hydrogens is 363 g/mol. The summed E-state index contributed by atoms with van der Waals surface area (Å²) in [7, 11) is 0. The summed E-state index contributed by atoms with van der Waals surface area (Å²) in [5.41, 5.74) is 1.34. The van der Waals surface area contributed by atoms with E-state index in [1.54, 1.807) is 18.2 Å². The molecule has 0 aliphatic carbocycles. The maximum absolute atomic E-state index is 13.1. The molecule has 2 heterocycles. The smallest absolute Gasteiger partial charge is 0.252 e. The first-order valence-corrected chi connectivity index (χ1v) is 9.74. The van der Waals surface area contributed by atoms with Gasteiger partial charge in [0.2, 0.25) is 0 Å². The third-order valence-electron chi connectivity index (χ3n) is 4.49. The third-order valence-corrected chi connectivity index (χ3v) is 5.41. The fraction of sp³-hybridized carbons (Fsp3) is 0.238. The minimum absolute atomic E-state index is 0.0927. The molecule has 2 aromatic carbocycles. The highest BCUT2D eigenvalue weighted by atomic mass is 32.2. The molecule has 0 bridgehead atoms. The molecule has 1 saturated heterocycles. The van der Waals surface area contributed by atoms with Crippen LogP contribution in [-0.4, -0.2) is 30.1 Å². The van der Waals surface area contributed by atoms with Crippen LogP contribution in [0.1, 0.15) is 23.2 Å². The number of ether oxygens (including phenoxy) is 1. The van der Waals surface area contributed by atoms with Crippen LogP contribution >= 0.6 is 11.8 Å². The zero-order valence-corrected chi connectivity index (χ0v) is 15.5. The number of nitrogens with zero attached hydrogens (tertiary/aromatic N) is 1. The first-order chi connectivity index (χ1) is 13.2. The lowest BCUT2D eigenvalue weighted by Crippen LogP contribution is -2.31. The Kier molecular flexibility index (Phi) is 5.36. The molecule has 138 valence electrons. The van der Waals surface area contributed by atoms with E-state index in [2.05, 4.69) is 10.3 Å². The Hall–Kier alpha value is -2.44. The number of amides is 1. The van der Waals surface area contributed by atoms with Crippen LogP contribution in [0.4, 0.5) is 4.39 Å². The lowest BCUT2D eigenvalue weighted by molar-refractivity contribution is 0.0859. The van der Waals surface area contributed by atoms with Crippen LogP contribution in [0.25, 0.3) is 10.9 Å². The SMILES string of the molecule is O=C(NC[C@H]1CCCO1)c1cc(Sc2ccc(F)cc2)nc2ccccc12. The van der Waals surface area contributed by atoms with Crippen molar-refractivity contribution in [2.24, 2.45) is 0 Å². The van der Waals surface area contributed by atoms with Crippen LogP contribution in [0.3, 0.4) is 0 Å². The van der Waals surface area contributed by atoms with E-state index < -0.39 is 0 Å². The second kappa shape index (κ2) is 8.06. The quantitative estimate of drug-likeness (QED) is 0.709. The number of benzene rings is 2. The summed E-state index contributed by atoms with van der Waals surface area (Å²) >= 11 is 1.40. The first kappa shape index (κ1) is 17.9. The topological polar surface area (TPSA) is 51.2 Å². The Bertz CT molecular complexity index is 956. The van der Waals surface area contributed by atoms with Crippen molar-refractivity contribution in [1.29, 1.82) is 0 Å². The average molecular weight is 382 g/mol. The number of aromatic nitrogens is 1. The minimum atomic E-state index is -0.278. The normalized spacial score (nSPS) is 16.6. The van der Waals surface area contributed by atoms with Crippen LogP contribution in [0, 0.1) is 5.82 Å². The summed E-state index contributed by atoms with van der Waals surface area (Å²) < 4.78 is 18.7. The van der Waals surface area contributed by atoms with Gasteiger partial charge in [0.1, 0.15) is 10.8 Å². The predicted molar refractivity (Wildman–Crippen MR) is 104 cm³/mol.